The standard InChI is InChI=1S/C33H37N3O6/c1-23-4-13-29(34-22-23)41-26-11-9-25(10-12-26)40-28-15-17-35(18-16-28)32(39)42-27-7-5-24(6-8-27)14-19-36-30(37)20-33(2,3)21-31(36)38/h4-13,22,28H,14-21H2,1-3H3. The second kappa shape index (κ2) is 12.6. The summed E-state index contributed by atoms with van der Waals surface area (Å²) < 4.78 is 17.5. The number of hydrogen-bond donors (Lipinski definition) is 0. The second-order valence-electron chi connectivity index (χ2n) is 11.8. The van der Waals surface area contributed by atoms with E-state index in [0.29, 0.717) is 69.1 Å². The van der Waals surface area contributed by atoms with Gasteiger partial charge in [0.1, 0.15) is 23.4 Å². The number of amides is 3. The normalized spacial score (nSPS) is 17.2. The van der Waals surface area contributed by atoms with Crippen molar-refractivity contribution in [2.45, 2.75) is 59.0 Å². The highest BCUT2D eigenvalue weighted by Gasteiger charge is 2.37. The van der Waals surface area contributed by atoms with E-state index >= 15 is 0 Å². The Balaban J connectivity index is 1.03. The first-order chi connectivity index (χ1) is 20.1. The number of likely N-dealkylation sites (tertiary alicyclic amines) is 2. The third-order valence-corrected chi connectivity index (χ3v) is 7.55. The van der Waals surface area contributed by atoms with Gasteiger partial charge in [-0.3, -0.25) is 14.5 Å². The first-order valence-electron chi connectivity index (χ1n) is 14.4. The van der Waals surface area contributed by atoms with E-state index in [2.05, 4.69) is 4.98 Å². The van der Waals surface area contributed by atoms with E-state index < -0.39 is 0 Å². The van der Waals surface area contributed by atoms with Gasteiger partial charge in [-0.05, 0) is 66.3 Å². The van der Waals surface area contributed by atoms with Crippen LogP contribution < -0.4 is 14.2 Å². The molecule has 2 aliphatic heterocycles. The molecular weight excluding hydrogens is 534 g/mol. The van der Waals surface area contributed by atoms with Gasteiger partial charge < -0.3 is 19.1 Å². The number of nitrogens with zero attached hydrogens (tertiary/aromatic N) is 3. The largest absolute Gasteiger partial charge is 0.490 e. The molecule has 1 aromatic heterocycles. The Kier molecular flexibility index (Phi) is 8.75. The van der Waals surface area contributed by atoms with Crippen molar-refractivity contribution in [1.29, 1.82) is 0 Å². The topological polar surface area (TPSA) is 98.3 Å². The van der Waals surface area contributed by atoms with Crippen LogP contribution in [0.1, 0.15) is 50.7 Å². The smallest absolute Gasteiger partial charge is 0.415 e. The molecule has 3 heterocycles. The Morgan fingerprint density at radius 1 is 0.881 bits per heavy atom. The summed E-state index contributed by atoms with van der Waals surface area (Å²) in [6, 6.07) is 18.4. The molecule has 3 aromatic rings. The van der Waals surface area contributed by atoms with Gasteiger partial charge in [0, 0.05) is 57.6 Å². The van der Waals surface area contributed by atoms with Crippen molar-refractivity contribution in [3.63, 3.8) is 0 Å². The molecule has 3 amide bonds. The molecule has 0 bridgehead atoms. The van der Waals surface area contributed by atoms with E-state index in [9.17, 15) is 14.4 Å². The quantitative estimate of drug-likeness (QED) is 0.309. The molecule has 2 aromatic carbocycles. The fourth-order valence-electron chi connectivity index (χ4n) is 5.16. The van der Waals surface area contributed by atoms with Crippen molar-refractivity contribution in [3.05, 3.63) is 78.0 Å². The summed E-state index contributed by atoms with van der Waals surface area (Å²) in [6.07, 6.45) is 4.09. The lowest BCUT2D eigenvalue weighted by molar-refractivity contribution is -0.152. The number of aryl methyl sites for hydroxylation is 1. The number of carbonyl (C=O) groups is 3. The first kappa shape index (κ1) is 29.1. The lowest BCUT2D eigenvalue weighted by Crippen LogP contribution is -2.46. The van der Waals surface area contributed by atoms with Crippen LogP contribution in [0.15, 0.2) is 66.9 Å². The zero-order valence-corrected chi connectivity index (χ0v) is 24.4. The number of pyridine rings is 1. The van der Waals surface area contributed by atoms with Gasteiger partial charge in [0.05, 0.1) is 0 Å². The summed E-state index contributed by atoms with van der Waals surface area (Å²) in [5, 5.41) is 0. The van der Waals surface area contributed by atoms with E-state index in [0.717, 1.165) is 16.9 Å². The number of imide groups is 1. The van der Waals surface area contributed by atoms with Gasteiger partial charge in [0.15, 0.2) is 0 Å². The van der Waals surface area contributed by atoms with E-state index in [1.807, 2.05) is 69.3 Å². The molecule has 2 saturated heterocycles. The molecule has 9 heteroatoms. The van der Waals surface area contributed by atoms with Gasteiger partial charge in [0.2, 0.25) is 17.7 Å². The van der Waals surface area contributed by atoms with Crippen LogP contribution >= 0.6 is 0 Å². The number of rotatable bonds is 8. The van der Waals surface area contributed by atoms with Gasteiger partial charge in [-0.1, -0.05) is 32.0 Å². The van der Waals surface area contributed by atoms with Gasteiger partial charge in [0.25, 0.3) is 0 Å². The minimum atomic E-state index is -0.389. The molecule has 0 N–H and O–H groups in total. The first-order valence-corrected chi connectivity index (χ1v) is 14.4. The molecule has 0 atom stereocenters. The van der Waals surface area contributed by atoms with Crippen LogP contribution in [0.5, 0.6) is 23.1 Å². The third kappa shape index (κ3) is 7.66. The van der Waals surface area contributed by atoms with E-state index in [4.69, 9.17) is 14.2 Å². The Morgan fingerprint density at radius 3 is 2.12 bits per heavy atom. The van der Waals surface area contributed by atoms with Crippen LogP contribution in [0.25, 0.3) is 0 Å². The molecule has 220 valence electrons. The molecule has 2 aliphatic rings. The average molecular weight is 572 g/mol. The summed E-state index contributed by atoms with van der Waals surface area (Å²) in [6.45, 7) is 7.29. The van der Waals surface area contributed by atoms with Crippen LogP contribution in [0.2, 0.25) is 0 Å². The van der Waals surface area contributed by atoms with Crippen molar-refractivity contribution < 1.29 is 28.6 Å². The molecule has 0 aliphatic carbocycles. The van der Waals surface area contributed by atoms with Crippen LogP contribution in [0.4, 0.5) is 4.79 Å². The average Bonchev–Trinajstić information content (AvgIpc) is 2.95. The number of benzene rings is 2. The fourth-order valence-corrected chi connectivity index (χ4v) is 5.16. The predicted molar refractivity (Wildman–Crippen MR) is 157 cm³/mol. The number of hydrogen-bond acceptors (Lipinski definition) is 7. The number of piperidine rings is 2. The van der Waals surface area contributed by atoms with E-state index in [-0.39, 0.29) is 29.4 Å². The molecule has 0 unspecified atom stereocenters. The molecule has 0 saturated carbocycles. The maximum Gasteiger partial charge on any atom is 0.415 e. The molecule has 42 heavy (non-hydrogen) atoms. The number of ether oxygens (including phenoxy) is 3. The SMILES string of the molecule is Cc1ccc(Oc2ccc(OC3CCN(C(=O)Oc4ccc(CCN5C(=O)CC(C)(C)CC5=O)cc4)CC3)cc2)nc1. The zero-order chi connectivity index (χ0) is 29.7. The highest BCUT2D eigenvalue weighted by Crippen LogP contribution is 2.31. The molecule has 0 radical (unpaired) electrons. The summed E-state index contributed by atoms with van der Waals surface area (Å²) in [4.78, 5) is 44.8. The molecule has 0 spiro atoms. The highest BCUT2D eigenvalue weighted by molar-refractivity contribution is 5.98. The Bertz CT molecular complexity index is 1380. The maximum atomic E-state index is 12.7. The Labute approximate surface area is 246 Å². The maximum absolute atomic E-state index is 12.7. The molecule has 5 rings (SSSR count). The summed E-state index contributed by atoms with van der Waals surface area (Å²) in [5.41, 5.74) is 1.76. The van der Waals surface area contributed by atoms with Gasteiger partial charge in [-0.2, -0.15) is 0 Å². The fraction of sp³-hybridized carbons (Fsp3) is 0.394. The van der Waals surface area contributed by atoms with Crippen molar-refractivity contribution in [2.24, 2.45) is 5.41 Å². The van der Waals surface area contributed by atoms with Crippen LogP contribution in [0, 0.1) is 12.3 Å². The zero-order valence-electron chi connectivity index (χ0n) is 24.4. The summed E-state index contributed by atoms with van der Waals surface area (Å²) >= 11 is 0. The van der Waals surface area contributed by atoms with Crippen molar-refractivity contribution in [1.82, 2.24) is 14.8 Å². The van der Waals surface area contributed by atoms with Gasteiger partial charge >= 0.3 is 6.09 Å². The van der Waals surface area contributed by atoms with Crippen molar-refractivity contribution in [2.75, 3.05) is 19.6 Å². The van der Waals surface area contributed by atoms with Crippen LogP contribution in [-0.2, 0) is 16.0 Å². The summed E-state index contributed by atoms with van der Waals surface area (Å²) in [5.74, 6) is 2.19. The van der Waals surface area contributed by atoms with E-state index in [1.54, 1.807) is 23.2 Å². The van der Waals surface area contributed by atoms with Crippen molar-refractivity contribution >= 4 is 17.9 Å². The predicted octanol–water partition coefficient (Wildman–Crippen LogP) is 5.94. The van der Waals surface area contributed by atoms with Crippen LogP contribution in [0.3, 0.4) is 0 Å². The molecular formula is C33H37N3O6. The van der Waals surface area contributed by atoms with Gasteiger partial charge in [-0.15, -0.1) is 0 Å². The van der Waals surface area contributed by atoms with Gasteiger partial charge in [-0.25, -0.2) is 9.78 Å². The minimum absolute atomic E-state index is 0.00334. The minimum Gasteiger partial charge on any atom is -0.490 e. The summed E-state index contributed by atoms with van der Waals surface area (Å²) in [7, 11) is 0. The monoisotopic (exact) mass is 571 g/mol. The van der Waals surface area contributed by atoms with Crippen LogP contribution in [-0.4, -0.2) is 58.4 Å². The van der Waals surface area contributed by atoms with E-state index in [1.165, 1.54) is 4.90 Å². The number of aromatic nitrogens is 1. The highest BCUT2D eigenvalue weighted by atomic mass is 16.6. The lowest BCUT2D eigenvalue weighted by Gasteiger charge is -2.34. The molecule has 2 fully saturated rings. The third-order valence-electron chi connectivity index (χ3n) is 7.55. The Morgan fingerprint density at radius 2 is 1.50 bits per heavy atom. The Hall–Kier alpha value is -4.40. The number of carbonyl (C=O) groups excluding carboxylic acids is 3. The second-order valence-corrected chi connectivity index (χ2v) is 11.8. The van der Waals surface area contributed by atoms with Crippen molar-refractivity contribution in [3.8, 4) is 23.1 Å². The molecule has 9 nitrogen and oxygen atoms in total. The lowest BCUT2D eigenvalue weighted by atomic mass is 9.81.